The van der Waals surface area contributed by atoms with Crippen LogP contribution in [0.15, 0.2) is 30.4 Å². The van der Waals surface area contributed by atoms with Gasteiger partial charge in [0.05, 0.1) is 0 Å². The van der Waals surface area contributed by atoms with Gasteiger partial charge in [0.15, 0.2) is 5.78 Å². The summed E-state index contributed by atoms with van der Waals surface area (Å²) in [5.41, 5.74) is 4.12. The van der Waals surface area contributed by atoms with E-state index in [1.54, 1.807) is 0 Å². The van der Waals surface area contributed by atoms with Gasteiger partial charge in [0.2, 0.25) is 0 Å². The number of rotatable bonds is 4. The van der Waals surface area contributed by atoms with Crippen molar-refractivity contribution in [3.63, 3.8) is 0 Å². The lowest BCUT2D eigenvalue weighted by atomic mass is 9.98. The number of hydrogen-bond acceptors (Lipinski definition) is 1. The van der Waals surface area contributed by atoms with Gasteiger partial charge in [-0.1, -0.05) is 23.3 Å². The summed E-state index contributed by atoms with van der Waals surface area (Å²) in [5.74, 6) is 0.221. The van der Waals surface area contributed by atoms with Gasteiger partial charge in [-0.05, 0) is 38.8 Å². The second-order valence-corrected chi connectivity index (χ2v) is 4.20. The minimum atomic E-state index is 0.221. The van der Waals surface area contributed by atoms with Gasteiger partial charge in [0, 0.05) is 12.0 Å². The molecule has 0 N–H and O–H groups in total. The Kier molecular flexibility index (Phi) is 3.84. The Bertz CT molecular complexity index is 388. The predicted molar refractivity (Wildman–Crippen MR) is 64.3 cm³/mol. The van der Waals surface area contributed by atoms with Crippen molar-refractivity contribution in [3.05, 3.63) is 47.0 Å². The van der Waals surface area contributed by atoms with Crippen LogP contribution in [-0.4, -0.2) is 5.78 Å². The smallest absolute Gasteiger partial charge is 0.163 e. The number of Topliss-reactive ketones (excluding diaryl/α,β-unsaturated/α-hetero) is 1. The van der Waals surface area contributed by atoms with E-state index in [-0.39, 0.29) is 5.78 Å². The Hall–Kier alpha value is -1.37. The number of ketones is 1. The molecule has 0 saturated carbocycles. The van der Waals surface area contributed by atoms with E-state index in [0.29, 0.717) is 6.42 Å². The zero-order valence-corrected chi connectivity index (χ0v) is 9.76. The molecule has 0 unspecified atom stereocenters. The molecule has 0 bridgehead atoms. The molecule has 1 heteroatoms. The molecule has 0 saturated heterocycles. The van der Waals surface area contributed by atoms with E-state index >= 15 is 0 Å². The van der Waals surface area contributed by atoms with E-state index in [0.717, 1.165) is 28.7 Å². The molecule has 0 aliphatic carbocycles. The number of benzene rings is 1. The molecule has 0 fully saturated rings. The molecular weight excluding hydrogens is 184 g/mol. The number of aryl methyl sites for hydroxylation is 2. The third-order valence-electron chi connectivity index (χ3n) is 2.47. The van der Waals surface area contributed by atoms with Crippen LogP contribution in [0.1, 0.15) is 41.3 Å². The van der Waals surface area contributed by atoms with Gasteiger partial charge in [0.1, 0.15) is 0 Å². The predicted octanol–water partition coefficient (Wildman–Crippen LogP) is 3.84. The zero-order chi connectivity index (χ0) is 11.4. The molecule has 0 radical (unpaired) electrons. The molecule has 1 aromatic carbocycles. The third kappa shape index (κ3) is 3.35. The van der Waals surface area contributed by atoms with Crippen LogP contribution in [0, 0.1) is 13.8 Å². The van der Waals surface area contributed by atoms with Crippen LogP contribution >= 0.6 is 0 Å². The molecule has 1 rings (SSSR count). The van der Waals surface area contributed by atoms with Crippen LogP contribution in [-0.2, 0) is 0 Å². The average Bonchev–Trinajstić information content (AvgIpc) is 2.18. The standard InChI is InChI=1S/C14H18O/c1-10(2)5-8-14(15)13-9-11(3)6-7-12(13)4/h6-7,9H,1,5,8H2,2-4H3. The van der Waals surface area contributed by atoms with Crippen LogP contribution in [0.25, 0.3) is 0 Å². The Morgan fingerprint density at radius 1 is 1.27 bits per heavy atom. The second kappa shape index (κ2) is 4.92. The lowest BCUT2D eigenvalue weighted by Crippen LogP contribution is -2.02. The Labute approximate surface area is 91.8 Å². The van der Waals surface area contributed by atoms with Gasteiger partial charge in [-0.3, -0.25) is 4.79 Å². The second-order valence-electron chi connectivity index (χ2n) is 4.20. The fourth-order valence-electron chi connectivity index (χ4n) is 1.50. The maximum absolute atomic E-state index is 11.9. The maximum atomic E-state index is 11.9. The van der Waals surface area contributed by atoms with Crippen molar-refractivity contribution in [2.75, 3.05) is 0 Å². The Morgan fingerprint density at radius 3 is 2.53 bits per heavy atom. The van der Waals surface area contributed by atoms with Gasteiger partial charge < -0.3 is 0 Å². The van der Waals surface area contributed by atoms with Gasteiger partial charge in [0.25, 0.3) is 0 Å². The van der Waals surface area contributed by atoms with Crippen molar-refractivity contribution in [1.29, 1.82) is 0 Å². The Morgan fingerprint density at radius 2 is 1.93 bits per heavy atom. The van der Waals surface area contributed by atoms with E-state index in [1.807, 2.05) is 39.0 Å². The fourth-order valence-corrected chi connectivity index (χ4v) is 1.50. The van der Waals surface area contributed by atoms with Crippen LogP contribution in [0.2, 0.25) is 0 Å². The van der Waals surface area contributed by atoms with Crippen molar-refractivity contribution in [3.8, 4) is 0 Å². The van der Waals surface area contributed by atoms with E-state index in [2.05, 4.69) is 6.58 Å². The summed E-state index contributed by atoms with van der Waals surface area (Å²) in [4.78, 5) is 11.9. The van der Waals surface area contributed by atoms with Crippen molar-refractivity contribution >= 4 is 5.78 Å². The quantitative estimate of drug-likeness (QED) is 0.535. The highest BCUT2D eigenvalue weighted by Crippen LogP contribution is 2.15. The molecule has 15 heavy (non-hydrogen) atoms. The van der Waals surface area contributed by atoms with E-state index < -0.39 is 0 Å². The van der Waals surface area contributed by atoms with Crippen molar-refractivity contribution in [1.82, 2.24) is 0 Å². The molecule has 0 atom stereocenters. The maximum Gasteiger partial charge on any atom is 0.163 e. The lowest BCUT2D eigenvalue weighted by Gasteiger charge is -2.06. The number of allylic oxidation sites excluding steroid dienone is 1. The zero-order valence-electron chi connectivity index (χ0n) is 9.76. The minimum absolute atomic E-state index is 0.221. The highest BCUT2D eigenvalue weighted by atomic mass is 16.1. The molecule has 1 nitrogen and oxygen atoms in total. The summed E-state index contributed by atoms with van der Waals surface area (Å²) in [6.45, 7) is 9.75. The van der Waals surface area contributed by atoms with E-state index in [1.165, 1.54) is 0 Å². The van der Waals surface area contributed by atoms with Crippen LogP contribution < -0.4 is 0 Å². The Balaban J connectivity index is 2.81. The fraction of sp³-hybridized carbons (Fsp3) is 0.357. The molecular formula is C14H18O. The van der Waals surface area contributed by atoms with Crippen LogP contribution in [0.3, 0.4) is 0 Å². The summed E-state index contributed by atoms with van der Waals surface area (Å²) in [6.07, 6.45) is 1.35. The van der Waals surface area contributed by atoms with Gasteiger partial charge >= 0.3 is 0 Å². The SMILES string of the molecule is C=C(C)CCC(=O)c1cc(C)ccc1C. The molecule has 0 amide bonds. The first-order valence-corrected chi connectivity index (χ1v) is 5.25. The van der Waals surface area contributed by atoms with E-state index in [4.69, 9.17) is 0 Å². The number of carbonyl (C=O) groups excluding carboxylic acids is 1. The van der Waals surface area contributed by atoms with Crippen LogP contribution in [0.5, 0.6) is 0 Å². The first-order chi connectivity index (χ1) is 7.00. The lowest BCUT2D eigenvalue weighted by molar-refractivity contribution is 0.0982. The van der Waals surface area contributed by atoms with Gasteiger partial charge in [-0.15, -0.1) is 6.58 Å². The summed E-state index contributed by atoms with van der Waals surface area (Å²) in [5, 5.41) is 0. The van der Waals surface area contributed by atoms with Gasteiger partial charge in [-0.2, -0.15) is 0 Å². The molecule has 0 aromatic heterocycles. The van der Waals surface area contributed by atoms with Crippen molar-refractivity contribution in [2.24, 2.45) is 0 Å². The summed E-state index contributed by atoms with van der Waals surface area (Å²) in [7, 11) is 0. The monoisotopic (exact) mass is 202 g/mol. The summed E-state index contributed by atoms with van der Waals surface area (Å²) in [6, 6.07) is 6.00. The van der Waals surface area contributed by atoms with Crippen LogP contribution in [0.4, 0.5) is 0 Å². The topological polar surface area (TPSA) is 17.1 Å². The first kappa shape index (κ1) is 11.7. The average molecular weight is 202 g/mol. The molecule has 80 valence electrons. The van der Waals surface area contributed by atoms with Crippen molar-refractivity contribution in [2.45, 2.75) is 33.6 Å². The summed E-state index contributed by atoms with van der Waals surface area (Å²) < 4.78 is 0. The molecule has 0 aliphatic heterocycles. The third-order valence-corrected chi connectivity index (χ3v) is 2.47. The van der Waals surface area contributed by atoms with Crippen molar-refractivity contribution < 1.29 is 4.79 Å². The molecule has 0 heterocycles. The van der Waals surface area contributed by atoms with E-state index in [9.17, 15) is 4.79 Å². The highest BCUT2D eigenvalue weighted by Gasteiger charge is 2.08. The summed E-state index contributed by atoms with van der Waals surface area (Å²) >= 11 is 0. The highest BCUT2D eigenvalue weighted by molar-refractivity contribution is 5.97. The normalized spacial score (nSPS) is 10.1. The largest absolute Gasteiger partial charge is 0.294 e. The molecule has 1 aromatic rings. The number of hydrogen-bond donors (Lipinski definition) is 0. The number of carbonyl (C=O) groups is 1. The minimum Gasteiger partial charge on any atom is -0.294 e. The first-order valence-electron chi connectivity index (χ1n) is 5.25. The molecule has 0 spiro atoms. The molecule has 0 aliphatic rings. The van der Waals surface area contributed by atoms with Gasteiger partial charge in [-0.25, -0.2) is 0 Å².